The summed E-state index contributed by atoms with van der Waals surface area (Å²) in [5, 5.41) is 9.04. The van der Waals surface area contributed by atoms with Gasteiger partial charge in [-0.1, -0.05) is 18.2 Å². The number of benzene rings is 2. The lowest BCUT2D eigenvalue weighted by molar-refractivity contribution is -0.134. The first-order valence-corrected chi connectivity index (χ1v) is 8.53. The van der Waals surface area contributed by atoms with Crippen molar-refractivity contribution in [1.29, 1.82) is 5.26 Å². The number of carbonyl (C=O) groups excluding carboxylic acids is 2. The number of nitriles is 1. The molecular weight excluding hydrogens is 349 g/mol. The molecule has 2 amide bonds. The molecule has 0 aromatic heterocycles. The van der Waals surface area contributed by atoms with Crippen LogP contribution in [0.5, 0.6) is 5.75 Å². The first-order chi connectivity index (χ1) is 13.1. The number of amides is 2. The van der Waals surface area contributed by atoms with Gasteiger partial charge in [0.1, 0.15) is 17.6 Å². The highest BCUT2D eigenvalue weighted by molar-refractivity contribution is 5.94. The monoisotopic (exact) mass is 367 g/mol. The Morgan fingerprint density at radius 3 is 2.44 bits per heavy atom. The molecule has 2 aromatic carbocycles. The Morgan fingerprint density at radius 2 is 1.74 bits per heavy atom. The van der Waals surface area contributed by atoms with Gasteiger partial charge in [0.05, 0.1) is 5.56 Å². The number of hydrogen-bond donors (Lipinski definition) is 0. The molecule has 1 fully saturated rings. The van der Waals surface area contributed by atoms with E-state index in [1.165, 1.54) is 18.2 Å². The molecular formula is C20H18FN3O3. The predicted octanol–water partition coefficient (Wildman–Crippen LogP) is 2.06. The van der Waals surface area contributed by atoms with Crippen LogP contribution in [0.25, 0.3) is 0 Å². The molecule has 138 valence electrons. The van der Waals surface area contributed by atoms with E-state index in [4.69, 9.17) is 10.00 Å². The highest BCUT2D eigenvalue weighted by atomic mass is 19.1. The van der Waals surface area contributed by atoms with Crippen LogP contribution in [-0.4, -0.2) is 54.4 Å². The number of halogens is 1. The van der Waals surface area contributed by atoms with Crippen LogP contribution in [-0.2, 0) is 4.79 Å². The van der Waals surface area contributed by atoms with Crippen molar-refractivity contribution in [1.82, 2.24) is 9.80 Å². The van der Waals surface area contributed by atoms with E-state index < -0.39 is 5.82 Å². The maximum atomic E-state index is 13.3. The molecule has 6 nitrogen and oxygen atoms in total. The molecule has 27 heavy (non-hydrogen) atoms. The van der Waals surface area contributed by atoms with Crippen molar-refractivity contribution in [3.05, 3.63) is 65.5 Å². The average molecular weight is 367 g/mol. The number of ether oxygens (including phenoxy) is 1. The van der Waals surface area contributed by atoms with Gasteiger partial charge in [-0.25, -0.2) is 4.39 Å². The first-order valence-electron chi connectivity index (χ1n) is 8.53. The lowest BCUT2D eigenvalue weighted by atomic mass is 10.1. The summed E-state index contributed by atoms with van der Waals surface area (Å²) in [6, 6.07) is 14.3. The molecule has 1 aliphatic rings. The third-order valence-electron chi connectivity index (χ3n) is 4.35. The highest BCUT2D eigenvalue weighted by Gasteiger charge is 2.25. The van der Waals surface area contributed by atoms with Gasteiger partial charge in [0, 0.05) is 31.7 Å². The Kier molecular flexibility index (Phi) is 5.67. The summed E-state index contributed by atoms with van der Waals surface area (Å²) in [6.45, 7) is 1.33. The minimum Gasteiger partial charge on any atom is -0.482 e. The third kappa shape index (κ3) is 4.42. The lowest BCUT2D eigenvalue weighted by Crippen LogP contribution is -2.51. The van der Waals surface area contributed by atoms with E-state index in [0.29, 0.717) is 43.1 Å². The molecule has 1 saturated heterocycles. The summed E-state index contributed by atoms with van der Waals surface area (Å²) in [5.41, 5.74) is 0.669. The second kappa shape index (κ2) is 8.32. The van der Waals surface area contributed by atoms with Crippen LogP contribution in [0.4, 0.5) is 4.39 Å². The maximum Gasteiger partial charge on any atom is 0.260 e. The van der Waals surface area contributed by atoms with E-state index >= 15 is 0 Å². The third-order valence-corrected chi connectivity index (χ3v) is 4.35. The Balaban J connectivity index is 1.52. The Morgan fingerprint density at radius 1 is 1.04 bits per heavy atom. The quantitative estimate of drug-likeness (QED) is 0.829. The lowest BCUT2D eigenvalue weighted by Gasteiger charge is -2.34. The van der Waals surface area contributed by atoms with Gasteiger partial charge in [0.15, 0.2) is 6.61 Å². The smallest absolute Gasteiger partial charge is 0.260 e. The first kappa shape index (κ1) is 18.4. The molecule has 0 unspecified atom stereocenters. The van der Waals surface area contributed by atoms with Crippen LogP contribution < -0.4 is 4.74 Å². The molecule has 1 heterocycles. The molecule has 1 aliphatic heterocycles. The zero-order valence-electron chi connectivity index (χ0n) is 14.6. The summed E-state index contributed by atoms with van der Waals surface area (Å²) in [6.07, 6.45) is 0. The van der Waals surface area contributed by atoms with E-state index in [0.717, 1.165) is 0 Å². The molecule has 0 radical (unpaired) electrons. The molecule has 0 N–H and O–H groups in total. The minimum absolute atomic E-state index is 0.170. The van der Waals surface area contributed by atoms with Crippen LogP contribution in [0.15, 0.2) is 48.5 Å². The van der Waals surface area contributed by atoms with Crippen molar-refractivity contribution >= 4 is 11.8 Å². The summed E-state index contributed by atoms with van der Waals surface area (Å²) >= 11 is 0. The standard InChI is InChI=1S/C20H18FN3O3/c21-17-6-3-5-15(12-17)20(26)24-10-8-23(9-11-24)19(25)14-27-18-7-2-1-4-16(18)13-22/h1-7,12H,8-11,14H2. The van der Waals surface area contributed by atoms with Crippen LogP contribution in [0.2, 0.25) is 0 Å². The van der Waals surface area contributed by atoms with Gasteiger partial charge >= 0.3 is 0 Å². The van der Waals surface area contributed by atoms with Crippen LogP contribution in [0, 0.1) is 17.1 Å². The topological polar surface area (TPSA) is 73.6 Å². The summed E-state index contributed by atoms with van der Waals surface area (Å²) < 4.78 is 18.7. The zero-order chi connectivity index (χ0) is 19.2. The average Bonchev–Trinajstić information content (AvgIpc) is 2.71. The molecule has 0 aliphatic carbocycles. The van der Waals surface area contributed by atoms with E-state index in [2.05, 4.69) is 0 Å². The number of nitrogens with zero attached hydrogens (tertiary/aromatic N) is 3. The molecule has 3 rings (SSSR count). The van der Waals surface area contributed by atoms with Gasteiger partial charge in [-0.2, -0.15) is 5.26 Å². The summed E-state index contributed by atoms with van der Waals surface area (Å²) in [4.78, 5) is 28.0. The molecule has 2 aromatic rings. The SMILES string of the molecule is N#Cc1ccccc1OCC(=O)N1CCN(C(=O)c2cccc(F)c2)CC1. The van der Waals surface area contributed by atoms with Crippen molar-refractivity contribution in [3.8, 4) is 11.8 Å². The molecule has 0 bridgehead atoms. The van der Waals surface area contributed by atoms with Crippen molar-refractivity contribution in [2.45, 2.75) is 0 Å². The molecule has 7 heteroatoms. The van der Waals surface area contributed by atoms with Gasteiger partial charge in [0.2, 0.25) is 0 Å². The summed E-state index contributed by atoms with van der Waals surface area (Å²) in [7, 11) is 0. The number of hydrogen-bond acceptors (Lipinski definition) is 4. The predicted molar refractivity (Wildman–Crippen MR) is 95.5 cm³/mol. The number of piperazine rings is 1. The van der Waals surface area contributed by atoms with Crippen molar-refractivity contribution in [2.24, 2.45) is 0 Å². The zero-order valence-corrected chi connectivity index (χ0v) is 14.6. The number of para-hydroxylation sites is 1. The van der Waals surface area contributed by atoms with Gasteiger partial charge in [-0.15, -0.1) is 0 Å². The second-order valence-corrected chi connectivity index (χ2v) is 6.08. The van der Waals surface area contributed by atoms with Crippen LogP contribution in [0.3, 0.4) is 0 Å². The van der Waals surface area contributed by atoms with Crippen molar-refractivity contribution in [2.75, 3.05) is 32.8 Å². The van der Waals surface area contributed by atoms with E-state index in [1.54, 1.807) is 40.1 Å². The number of rotatable bonds is 4. The van der Waals surface area contributed by atoms with Crippen molar-refractivity contribution < 1.29 is 18.7 Å². The largest absolute Gasteiger partial charge is 0.482 e. The van der Waals surface area contributed by atoms with Gasteiger partial charge < -0.3 is 14.5 Å². The van der Waals surface area contributed by atoms with Crippen LogP contribution in [0.1, 0.15) is 15.9 Å². The van der Waals surface area contributed by atoms with E-state index in [1.807, 2.05) is 6.07 Å². The van der Waals surface area contributed by atoms with E-state index in [-0.39, 0.29) is 18.4 Å². The number of carbonyl (C=O) groups is 2. The Labute approximate surface area is 156 Å². The minimum atomic E-state index is -0.454. The Bertz CT molecular complexity index is 886. The van der Waals surface area contributed by atoms with Crippen molar-refractivity contribution in [3.63, 3.8) is 0 Å². The van der Waals surface area contributed by atoms with Gasteiger partial charge in [0.25, 0.3) is 11.8 Å². The fourth-order valence-electron chi connectivity index (χ4n) is 2.88. The normalized spacial score (nSPS) is 13.8. The highest BCUT2D eigenvalue weighted by Crippen LogP contribution is 2.17. The summed E-state index contributed by atoms with van der Waals surface area (Å²) in [5.74, 6) is -0.542. The fourth-order valence-corrected chi connectivity index (χ4v) is 2.88. The molecule has 0 spiro atoms. The molecule has 0 atom stereocenters. The molecule has 0 saturated carbocycles. The van der Waals surface area contributed by atoms with Crippen LogP contribution >= 0.6 is 0 Å². The fraction of sp³-hybridized carbons (Fsp3) is 0.250. The Hall–Kier alpha value is -3.40. The van der Waals surface area contributed by atoms with Gasteiger partial charge in [-0.05, 0) is 30.3 Å². The van der Waals surface area contributed by atoms with Gasteiger partial charge in [-0.3, -0.25) is 9.59 Å². The van der Waals surface area contributed by atoms with E-state index in [9.17, 15) is 14.0 Å². The second-order valence-electron chi connectivity index (χ2n) is 6.08. The maximum absolute atomic E-state index is 13.3.